The highest BCUT2D eigenvalue weighted by Crippen LogP contribution is 2.25. The summed E-state index contributed by atoms with van der Waals surface area (Å²) in [4.78, 5) is 23.8. The van der Waals surface area contributed by atoms with E-state index in [0.29, 0.717) is 3.57 Å². The second kappa shape index (κ2) is 8.04. The first kappa shape index (κ1) is 20.2. The van der Waals surface area contributed by atoms with Crippen LogP contribution in [0, 0.1) is 10.5 Å². The van der Waals surface area contributed by atoms with E-state index in [1.165, 1.54) is 31.4 Å². The Hall–Kier alpha value is -2.14. The van der Waals surface area contributed by atoms with Crippen molar-refractivity contribution in [1.29, 1.82) is 0 Å². The molecule has 2 rings (SSSR count). The lowest BCUT2D eigenvalue weighted by molar-refractivity contribution is 0.0555. The molecule has 0 heterocycles. The van der Waals surface area contributed by atoms with E-state index >= 15 is 0 Å². The highest BCUT2D eigenvalue weighted by molar-refractivity contribution is 14.1. The van der Waals surface area contributed by atoms with Crippen molar-refractivity contribution in [2.45, 2.75) is 11.8 Å². The molecule has 0 aromatic heterocycles. The molecule has 0 aliphatic carbocycles. The Balaban J connectivity index is 2.48. The lowest BCUT2D eigenvalue weighted by Gasteiger charge is -2.13. The number of carbonyl (C=O) groups is 2. The van der Waals surface area contributed by atoms with Gasteiger partial charge in [0.05, 0.1) is 25.3 Å². The molecule has 0 unspecified atom stereocenters. The maximum absolute atomic E-state index is 12.7. The van der Waals surface area contributed by atoms with Crippen LogP contribution in [0.25, 0.3) is 0 Å². The average molecular weight is 489 g/mol. The van der Waals surface area contributed by atoms with Gasteiger partial charge in [-0.25, -0.2) is 18.0 Å². The van der Waals surface area contributed by atoms with Crippen LogP contribution in [0.5, 0.6) is 0 Å². The Morgan fingerprint density at radius 2 is 1.62 bits per heavy atom. The summed E-state index contributed by atoms with van der Waals surface area (Å²) in [6.45, 7) is 1.81. The number of anilines is 1. The van der Waals surface area contributed by atoms with Crippen molar-refractivity contribution in [3.63, 3.8) is 0 Å². The first-order valence-electron chi connectivity index (χ1n) is 7.30. The Bertz CT molecular complexity index is 971. The lowest BCUT2D eigenvalue weighted by atomic mass is 10.1. The van der Waals surface area contributed by atoms with E-state index in [1.54, 1.807) is 19.1 Å². The van der Waals surface area contributed by atoms with Crippen molar-refractivity contribution < 1.29 is 27.5 Å². The van der Waals surface area contributed by atoms with Crippen LogP contribution in [0.3, 0.4) is 0 Å². The van der Waals surface area contributed by atoms with Gasteiger partial charge in [-0.3, -0.25) is 4.72 Å². The maximum Gasteiger partial charge on any atom is 0.338 e. The van der Waals surface area contributed by atoms with Crippen molar-refractivity contribution in [2.75, 3.05) is 18.9 Å². The standard InChI is InChI=1S/C17H16INO6S/c1-10-5-4-6-14(15(10)18)26(22,23)19-11-7-8-12(16(20)24-2)13(9-11)17(21)25-3/h4-9,19H,1-3H3. The quantitative estimate of drug-likeness (QED) is 0.513. The van der Waals surface area contributed by atoms with Gasteiger partial charge in [-0.1, -0.05) is 12.1 Å². The van der Waals surface area contributed by atoms with E-state index in [-0.39, 0.29) is 21.7 Å². The van der Waals surface area contributed by atoms with E-state index in [2.05, 4.69) is 14.2 Å². The fraction of sp³-hybridized carbons (Fsp3) is 0.176. The molecule has 0 amide bonds. The van der Waals surface area contributed by atoms with Gasteiger partial charge in [0.25, 0.3) is 10.0 Å². The zero-order chi connectivity index (χ0) is 19.5. The summed E-state index contributed by atoms with van der Waals surface area (Å²) in [5, 5.41) is 0. The van der Waals surface area contributed by atoms with Crippen LogP contribution in [-0.4, -0.2) is 34.6 Å². The van der Waals surface area contributed by atoms with Gasteiger partial charge in [0.2, 0.25) is 0 Å². The van der Waals surface area contributed by atoms with Gasteiger partial charge < -0.3 is 9.47 Å². The fourth-order valence-corrected chi connectivity index (χ4v) is 4.64. The highest BCUT2D eigenvalue weighted by atomic mass is 127. The van der Waals surface area contributed by atoms with E-state index in [0.717, 1.165) is 12.7 Å². The van der Waals surface area contributed by atoms with E-state index < -0.39 is 22.0 Å². The summed E-state index contributed by atoms with van der Waals surface area (Å²) in [6.07, 6.45) is 0. The van der Waals surface area contributed by atoms with Gasteiger partial charge in [0, 0.05) is 9.26 Å². The van der Waals surface area contributed by atoms with Crippen LogP contribution in [0.1, 0.15) is 26.3 Å². The Morgan fingerprint density at radius 1 is 1.00 bits per heavy atom. The van der Waals surface area contributed by atoms with Crippen molar-refractivity contribution in [2.24, 2.45) is 0 Å². The summed E-state index contributed by atoms with van der Waals surface area (Å²) < 4.78 is 37.6. The number of aryl methyl sites for hydroxylation is 1. The van der Waals surface area contributed by atoms with Gasteiger partial charge in [-0.15, -0.1) is 0 Å². The van der Waals surface area contributed by atoms with Crippen LogP contribution >= 0.6 is 22.6 Å². The topological polar surface area (TPSA) is 98.8 Å². The molecule has 0 saturated heterocycles. The number of benzene rings is 2. The number of halogens is 1. The minimum Gasteiger partial charge on any atom is -0.465 e. The van der Waals surface area contributed by atoms with E-state index in [9.17, 15) is 18.0 Å². The molecule has 0 aliphatic rings. The van der Waals surface area contributed by atoms with Gasteiger partial charge in [0.1, 0.15) is 4.90 Å². The third-order valence-corrected chi connectivity index (χ3v) is 6.75. The number of hydrogen-bond donors (Lipinski definition) is 1. The number of hydrogen-bond acceptors (Lipinski definition) is 6. The van der Waals surface area contributed by atoms with Crippen LogP contribution in [0.4, 0.5) is 5.69 Å². The second-order valence-corrected chi connectivity index (χ2v) is 7.97. The number of ether oxygens (including phenoxy) is 2. The second-order valence-electron chi connectivity index (χ2n) is 5.24. The predicted octanol–water partition coefficient (Wildman–Crippen LogP) is 2.97. The monoisotopic (exact) mass is 489 g/mol. The smallest absolute Gasteiger partial charge is 0.338 e. The van der Waals surface area contributed by atoms with Crippen LogP contribution in [0.15, 0.2) is 41.3 Å². The molecule has 0 bridgehead atoms. The summed E-state index contributed by atoms with van der Waals surface area (Å²) in [5.41, 5.74) is 0.825. The molecule has 9 heteroatoms. The van der Waals surface area contributed by atoms with E-state index in [4.69, 9.17) is 0 Å². The third kappa shape index (κ3) is 4.15. The SMILES string of the molecule is COC(=O)c1ccc(NS(=O)(=O)c2cccc(C)c2I)cc1C(=O)OC. The number of carbonyl (C=O) groups excluding carboxylic acids is 2. The lowest BCUT2D eigenvalue weighted by Crippen LogP contribution is -2.17. The number of esters is 2. The van der Waals surface area contributed by atoms with Crippen LogP contribution in [-0.2, 0) is 19.5 Å². The molecule has 1 N–H and O–H groups in total. The van der Waals surface area contributed by atoms with Crippen molar-refractivity contribution in [3.05, 3.63) is 56.7 Å². The zero-order valence-corrected chi connectivity index (χ0v) is 17.2. The summed E-state index contributed by atoms with van der Waals surface area (Å²) >= 11 is 1.96. The normalized spacial score (nSPS) is 10.9. The summed E-state index contributed by atoms with van der Waals surface area (Å²) in [6, 6.07) is 8.85. The Morgan fingerprint density at radius 3 is 2.23 bits per heavy atom. The minimum absolute atomic E-state index is 0.0209. The largest absolute Gasteiger partial charge is 0.465 e. The molecule has 0 aliphatic heterocycles. The molecule has 0 saturated carbocycles. The number of nitrogens with one attached hydrogen (secondary N) is 1. The van der Waals surface area contributed by atoms with Gasteiger partial charge in [0.15, 0.2) is 0 Å². The molecule has 0 radical (unpaired) electrons. The van der Waals surface area contributed by atoms with Crippen molar-refractivity contribution >= 4 is 50.2 Å². The maximum atomic E-state index is 12.7. The molecule has 0 fully saturated rings. The van der Waals surface area contributed by atoms with E-state index in [1.807, 2.05) is 22.6 Å². The Labute approximate surface area is 164 Å². The van der Waals surface area contributed by atoms with Crippen LogP contribution in [0.2, 0.25) is 0 Å². The van der Waals surface area contributed by atoms with Crippen LogP contribution < -0.4 is 4.72 Å². The highest BCUT2D eigenvalue weighted by Gasteiger charge is 2.22. The molecular formula is C17H16INO6S. The molecule has 2 aromatic rings. The summed E-state index contributed by atoms with van der Waals surface area (Å²) in [5.74, 6) is -1.51. The molecule has 0 atom stereocenters. The molecule has 26 heavy (non-hydrogen) atoms. The molecule has 138 valence electrons. The molecule has 0 spiro atoms. The fourth-order valence-electron chi connectivity index (χ4n) is 2.21. The van der Waals surface area contributed by atoms with Gasteiger partial charge in [-0.2, -0.15) is 0 Å². The zero-order valence-electron chi connectivity index (χ0n) is 14.2. The molecule has 2 aromatic carbocycles. The number of methoxy groups -OCH3 is 2. The van der Waals surface area contributed by atoms with Gasteiger partial charge in [-0.05, 0) is 59.3 Å². The molecule has 7 nitrogen and oxygen atoms in total. The first-order valence-corrected chi connectivity index (χ1v) is 9.86. The average Bonchev–Trinajstić information content (AvgIpc) is 2.62. The minimum atomic E-state index is -3.88. The van der Waals surface area contributed by atoms with Crippen molar-refractivity contribution in [1.82, 2.24) is 0 Å². The van der Waals surface area contributed by atoms with Gasteiger partial charge >= 0.3 is 11.9 Å². The summed E-state index contributed by atoms with van der Waals surface area (Å²) in [7, 11) is -1.54. The molecular weight excluding hydrogens is 473 g/mol. The Kier molecular flexibility index (Phi) is 6.24. The number of sulfonamides is 1. The van der Waals surface area contributed by atoms with Crippen molar-refractivity contribution in [3.8, 4) is 0 Å². The number of rotatable bonds is 5. The predicted molar refractivity (Wildman–Crippen MR) is 104 cm³/mol. The third-order valence-electron chi connectivity index (χ3n) is 3.53. The first-order chi connectivity index (χ1) is 12.2.